The average molecular weight is 337 g/mol. The van der Waals surface area contributed by atoms with Gasteiger partial charge in [0, 0.05) is 17.2 Å². The number of nitrogens with one attached hydrogen (secondary N) is 1. The highest BCUT2D eigenvalue weighted by Crippen LogP contribution is 2.31. The van der Waals surface area contributed by atoms with Crippen LogP contribution in [-0.2, 0) is 13.5 Å². The van der Waals surface area contributed by atoms with Crippen LogP contribution in [0.25, 0.3) is 0 Å². The van der Waals surface area contributed by atoms with Crippen molar-refractivity contribution in [2.24, 2.45) is 7.05 Å². The Kier molecular flexibility index (Phi) is 4.38. The highest BCUT2D eigenvalue weighted by molar-refractivity contribution is 9.10. The van der Waals surface area contributed by atoms with Crippen molar-refractivity contribution in [3.63, 3.8) is 0 Å². The number of aromatic nitrogens is 2. The molecule has 0 bridgehead atoms. The molecule has 0 atom stereocenters. The summed E-state index contributed by atoms with van der Waals surface area (Å²) in [6, 6.07) is 4.18. The molecule has 4 nitrogen and oxygen atoms in total. The summed E-state index contributed by atoms with van der Waals surface area (Å²) < 4.78 is 2.91. The molecular formula is C15H21BrN4. The third-order valence-corrected chi connectivity index (χ3v) is 3.85. The standard InChI is InChI=1S/C15H21BrN4/c1-5-6-12-13(17)15(20(4)19-12)18-14-9(2)7-11(16)8-10(14)3/h7-8,18H,5-6,17H2,1-4H3. The lowest BCUT2D eigenvalue weighted by Gasteiger charge is -2.14. The van der Waals surface area contributed by atoms with E-state index in [4.69, 9.17) is 5.73 Å². The van der Waals surface area contributed by atoms with Crippen molar-refractivity contribution in [3.8, 4) is 0 Å². The van der Waals surface area contributed by atoms with E-state index in [2.05, 4.69) is 59.2 Å². The maximum atomic E-state index is 6.21. The number of hydrogen-bond acceptors (Lipinski definition) is 3. The van der Waals surface area contributed by atoms with Crippen molar-refractivity contribution < 1.29 is 0 Å². The molecule has 0 unspecified atom stereocenters. The Morgan fingerprint density at radius 2 is 1.90 bits per heavy atom. The van der Waals surface area contributed by atoms with Gasteiger partial charge >= 0.3 is 0 Å². The second-order valence-electron chi connectivity index (χ2n) is 5.12. The topological polar surface area (TPSA) is 55.9 Å². The second-order valence-corrected chi connectivity index (χ2v) is 6.04. The number of hydrogen-bond donors (Lipinski definition) is 2. The van der Waals surface area contributed by atoms with Gasteiger partial charge in [-0.1, -0.05) is 29.3 Å². The van der Waals surface area contributed by atoms with Crippen LogP contribution in [0.2, 0.25) is 0 Å². The molecule has 108 valence electrons. The summed E-state index contributed by atoms with van der Waals surface area (Å²) in [5.74, 6) is 0.863. The molecule has 0 aliphatic carbocycles. The summed E-state index contributed by atoms with van der Waals surface area (Å²) in [6.07, 6.45) is 1.94. The van der Waals surface area contributed by atoms with Crippen LogP contribution in [0, 0.1) is 13.8 Å². The Morgan fingerprint density at radius 1 is 1.30 bits per heavy atom. The molecule has 20 heavy (non-hydrogen) atoms. The van der Waals surface area contributed by atoms with Gasteiger partial charge in [-0.3, -0.25) is 4.68 Å². The van der Waals surface area contributed by atoms with Gasteiger partial charge in [0.2, 0.25) is 0 Å². The van der Waals surface area contributed by atoms with Gasteiger partial charge in [-0.2, -0.15) is 5.10 Å². The molecule has 2 rings (SSSR count). The Bertz CT molecular complexity index is 608. The van der Waals surface area contributed by atoms with E-state index in [-0.39, 0.29) is 0 Å². The van der Waals surface area contributed by atoms with Crippen molar-refractivity contribution in [1.82, 2.24) is 9.78 Å². The van der Waals surface area contributed by atoms with Gasteiger partial charge in [-0.05, 0) is 43.5 Å². The minimum atomic E-state index is 0.746. The summed E-state index contributed by atoms with van der Waals surface area (Å²) in [5.41, 5.74) is 11.4. The first-order valence-electron chi connectivity index (χ1n) is 6.79. The van der Waals surface area contributed by atoms with Crippen molar-refractivity contribution in [3.05, 3.63) is 33.4 Å². The summed E-state index contributed by atoms with van der Waals surface area (Å²) >= 11 is 3.52. The van der Waals surface area contributed by atoms with Crippen molar-refractivity contribution in [2.75, 3.05) is 11.1 Å². The molecule has 0 fully saturated rings. The van der Waals surface area contributed by atoms with Crippen LogP contribution in [-0.4, -0.2) is 9.78 Å². The molecule has 1 heterocycles. The molecule has 0 saturated carbocycles. The van der Waals surface area contributed by atoms with Gasteiger partial charge in [-0.15, -0.1) is 0 Å². The molecule has 2 aromatic rings. The van der Waals surface area contributed by atoms with E-state index in [0.717, 1.165) is 40.2 Å². The molecule has 0 aliphatic rings. The first kappa shape index (κ1) is 14.9. The zero-order valence-electron chi connectivity index (χ0n) is 12.4. The third kappa shape index (κ3) is 2.82. The molecule has 0 amide bonds. The Labute approximate surface area is 128 Å². The second kappa shape index (κ2) is 5.87. The van der Waals surface area contributed by atoms with Gasteiger partial charge in [0.05, 0.1) is 11.4 Å². The van der Waals surface area contributed by atoms with Crippen molar-refractivity contribution >= 4 is 33.1 Å². The number of nitrogens with zero attached hydrogens (tertiary/aromatic N) is 2. The van der Waals surface area contributed by atoms with E-state index in [9.17, 15) is 0 Å². The Morgan fingerprint density at radius 3 is 2.45 bits per heavy atom. The lowest BCUT2D eigenvalue weighted by atomic mass is 10.1. The lowest BCUT2D eigenvalue weighted by molar-refractivity contribution is 0.739. The highest BCUT2D eigenvalue weighted by atomic mass is 79.9. The van der Waals surface area contributed by atoms with E-state index < -0.39 is 0 Å². The van der Waals surface area contributed by atoms with Crippen LogP contribution in [0.15, 0.2) is 16.6 Å². The smallest absolute Gasteiger partial charge is 0.152 e. The number of halogens is 1. The largest absolute Gasteiger partial charge is 0.394 e. The summed E-state index contributed by atoms with van der Waals surface area (Å²) in [5, 5.41) is 7.93. The molecule has 0 aliphatic heterocycles. The zero-order chi connectivity index (χ0) is 14.9. The fraction of sp³-hybridized carbons (Fsp3) is 0.400. The first-order chi connectivity index (χ1) is 9.43. The normalized spacial score (nSPS) is 10.8. The highest BCUT2D eigenvalue weighted by Gasteiger charge is 2.14. The van der Waals surface area contributed by atoms with Crippen LogP contribution < -0.4 is 11.1 Å². The Balaban J connectivity index is 2.40. The van der Waals surface area contributed by atoms with Crippen LogP contribution in [0.1, 0.15) is 30.2 Å². The predicted molar refractivity (Wildman–Crippen MR) is 88.5 cm³/mol. The van der Waals surface area contributed by atoms with Gasteiger partial charge < -0.3 is 11.1 Å². The van der Waals surface area contributed by atoms with E-state index >= 15 is 0 Å². The zero-order valence-corrected chi connectivity index (χ0v) is 14.0. The maximum absolute atomic E-state index is 6.21. The third-order valence-electron chi connectivity index (χ3n) is 3.39. The number of nitrogen functional groups attached to an aromatic ring is 1. The van der Waals surface area contributed by atoms with Crippen molar-refractivity contribution in [1.29, 1.82) is 0 Å². The van der Waals surface area contributed by atoms with Crippen LogP contribution in [0.4, 0.5) is 17.2 Å². The van der Waals surface area contributed by atoms with E-state index in [1.165, 1.54) is 11.1 Å². The molecule has 0 saturated heterocycles. The average Bonchev–Trinajstić information content (AvgIpc) is 2.61. The molecule has 0 radical (unpaired) electrons. The van der Waals surface area contributed by atoms with Gasteiger partial charge in [-0.25, -0.2) is 0 Å². The van der Waals surface area contributed by atoms with Gasteiger partial charge in [0.25, 0.3) is 0 Å². The lowest BCUT2D eigenvalue weighted by Crippen LogP contribution is -2.04. The first-order valence-corrected chi connectivity index (χ1v) is 7.58. The predicted octanol–water partition coefficient (Wildman–Crippen LogP) is 4.08. The SMILES string of the molecule is CCCc1nn(C)c(Nc2c(C)cc(Br)cc2C)c1N. The summed E-state index contributed by atoms with van der Waals surface area (Å²) in [7, 11) is 1.92. The minimum absolute atomic E-state index is 0.746. The fourth-order valence-corrected chi connectivity index (χ4v) is 3.08. The molecule has 5 heteroatoms. The number of aryl methyl sites for hydroxylation is 4. The molecular weight excluding hydrogens is 316 g/mol. The van der Waals surface area contributed by atoms with Crippen molar-refractivity contribution in [2.45, 2.75) is 33.6 Å². The van der Waals surface area contributed by atoms with Crippen LogP contribution in [0.5, 0.6) is 0 Å². The number of benzene rings is 1. The number of rotatable bonds is 4. The Hall–Kier alpha value is -1.49. The van der Waals surface area contributed by atoms with Crippen LogP contribution in [0.3, 0.4) is 0 Å². The maximum Gasteiger partial charge on any atom is 0.152 e. The van der Waals surface area contributed by atoms with Gasteiger partial charge in [0.15, 0.2) is 5.82 Å². The van der Waals surface area contributed by atoms with E-state index in [1.807, 2.05) is 11.7 Å². The van der Waals surface area contributed by atoms with Crippen LogP contribution >= 0.6 is 15.9 Å². The summed E-state index contributed by atoms with van der Waals surface area (Å²) in [4.78, 5) is 0. The molecule has 1 aromatic carbocycles. The number of nitrogens with two attached hydrogens (primary N) is 1. The number of anilines is 3. The van der Waals surface area contributed by atoms with Gasteiger partial charge in [0.1, 0.15) is 0 Å². The minimum Gasteiger partial charge on any atom is -0.394 e. The molecule has 1 aromatic heterocycles. The van der Waals surface area contributed by atoms with E-state index in [1.54, 1.807) is 0 Å². The molecule has 0 spiro atoms. The molecule has 3 N–H and O–H groups in total. The fourth-order valence-electron chi connectivity index (χ4n) is 2.39. The quantitative estimate of drug-likeness (QED) is 0.884. The monoisotopic (exact) mass is 336 g/mol. The van der Waals surface area contributed by atoms with E-state index in [0.29, 0.717) is 0 Å². The summed E-state index contributed by atoms with van der Waals surface area (Å²) in [6.45, 7) is 6.30.